The second-order valence-corrected chi connectivity index (χ2v) is 8.58. The highest BCUT2D eigenvalue weighted by Gasteiger charge is 2.39. The molecule has 0 bridgehead atoms. The van der Waals surface area contributed by atoms with Crippen molar-refractivity contribution in [2.45, 2.75) is 36.6 Å². The number of sulfonamides is 1. The van der Waals surface area contributed by atoms with Crippen LogP contribution in [0.5, 0.6) is 0 Å². The van der Waals surface area contributed by atoms with Gasteiger partial charge in [0.05, 0.1) is 21.7 Å². The lowest BCUT2D eigenvalue weighted by atomic mass is 9.77. The number of para-hydroxylation sites is 1. The molecule has 0 unspecified atom stereocenters. The average Bonchev–Trinajstić information content (AvgIpc) is 3.10. The van der Waals surface area contributed by atoms with Gasteiger partial charge in [-0.2, -0.15) is 4.98 Å². The first-order valence-corrected chi connectivity index (χ1v) is 10.2. The number of nitrogens with zero attached hydrogens (tertiary/aromatic N) is 2. The molecule has 1 heterocycles. The fourth-order valence-electron chi connectivity index (χ4n) is 3.00. The Kier molecular flexibility index (Phi) is 4.24. The summed E-state index contributed by atoms with van der Waals surface area (Å²) in [6.45, 7) is 1.90. The fourth-order valence-corrected chi connectivity index (χ4v) is 4.08. The number of aromatic nitrogens is 2. The van der Waals surface area contributed by atoms with E-state index in [4.69, 9.17) is 10.3 Å². The zero-order valence-corrected chi connectivity index (χ0v) is 15.7. The van der Waals surface area contributed by atoms with Crippen molar-refractivity contribution in [1.29, 1.82) is 0 Å². The Morgan fingerprint density at radius 2 is 1.81 bits per heavy atom. The molecule has 0 aliphatic heterocycles. The highest BCUT2D eigenvalue weighted by molar-refractivity contribution is 7.92. The minimum absolute atomic E-state index is 0.185. The maximum absolute atomic E-state index is 12.7. The van der Waals surface area contributed by atoms with E-state index in [9.17, 15) is 8.42 Å². The first-order valence-electron chi connectivity index (χ1n) is 8.69. The van der Waals surface area contributed by atoms with Crippen LogP contribution in [0.2, 0.25) is 0 Å². The molecule has 0 radical (unpaired) electrons. The molecule has 140 valence electrons. The molecule has 0 atom stereocenters. The van der Waals surface area contributed by atoms with Crippen molar-refractivity contribution in [2.75, 3.05) is 4.72 Å². The lowest BCUT2D eigenvalue weighted by molar-refractivity contribution is 0.229. The molecule has 1 saturated carbocycles. The molecule has 4 rings (SSSR count). The molecule has 7 nitrogen and oxygen atoms in total. The summed E-state index contributed by atoms with van der Waals surface area (Å²) < 4.78 is 33.4. The zero-order chi connectivity index (χ0) is 19.1. The van der Waals surface area contributed by atoms with Gasteiger partial charge in [0.25, 0.3) is 15.9 Å². The van der Waals surface area contributed by atoms with E-state index in [1.807, 2.05) is 6.92 Å². The Bertz CT molecular complexity index is 1070. The van der Waals surface area contributed by atoms with Crippen LogP contribution in [-0.4, -0.2) is 18.6 Å². The van der Waals surface area contributed by atoms with Crippen molar-refractivity contribution >= 4 is 15.7 Å². The Morgan fingerprint density at radius 1 is 1.11 bits per heavy atom. The summed E-state index contributed by atoms with van der Waals surface area (Å²) >= 11 is 0. The molecule has 8 heteroatoms. The van der Waals surface area contributed by atoms with E-state index >= 15 is 0 Å². The van der Waals surface area contributed by atoms with Gasteiger partial charge < -0.3 is 10.3 Å². The third kappa shape index (κ3) is 3.33. The normalized spacial score (nSPS) is 15.9. The van der Waals surface area contributed by atoms with Gasteiger partial charge >= 0.3 is 0 Å². The molecule has 0 saturated heterocycles. The number of nitrogens with two attached hydrogens (primary N) is 1. The molecule has 3 aromatic rings. The molecule has 27 heavy (non-hydrogen) atoms. The molecule has 0 spiro atoms. The van der Waals surface area contributed by atoms with Crippen LogP contribution in [0.3, 0.4) is 0 Å². The van der Waals surface area contributed by atoms with Gasteiger partial charge in [0, 0.05) is 0 Å². The Morgan fingerprint density at radius 3 is 2.48 bits per heavy atom. The van der Waals surface area contributed by atoms with E-state index < -0.39 is 15.6 Å². The standard InChI is InChI=1S/C19H20N4O3S/c1-13-7-9-14(10-8-13)27(24,25)23-16-6-3-2-5-15(16)17-21-18(22-26-17)19(20)11-4-12-19/h2-3,5-10,23H,4,11-12,20H2,1H3. The van der Waals surface area contributed by atoms with Crippen LogP contribution >= 0.6 is 0 Å². The topological polar surface area (TPSA) is 111 Å². The number of benzene rings is 2. The molecule has 1 aliphatic carbocycles. The van der Waals surface area contributed by atoms with Crippen molar-refractivity contribution in [3.05, 3.63) is 59.9 Å². The number of aryl methyl sites for hydroxylation is 1. The van der Waals surface area contributed by atoms with Gasteiger partial charge in [-0.15, -0.1) is 0 Å². The Hall–Kier alpha value is -2.71. The average molecular weight is 384 g/mol. The third-order valence-electron chi connectivity index (χ3n) is 4.85. The van der Waals surface area contributed by atoms with E-state index in [2.05, 4.69) is 14.9 Å². The molecule has 1 aliphatic rings. The summed E-state index contributed by atoms with van der Waals surface area (Å²) in [5, 5.41) is 4.00. The van der Waals surface area contributed by atoms with Gasteiger partial charge in [0.1, 0.15) is 0 Å². The second kappa shape index (κ2) is 6.47. The quantitative estimate of drug-likeness (QED) is 0.699. The largest absolute Gasteiger partial charge is 0.334 e. The smallest absolute Gasteiger partial charge is 0.261 e. The summed E-state index contributed by atoms with van der Waals surface area (Å²) in [5.41, 5.74) is 7.57. The van der Waals surface area contributed by atoms with Gasteiger partial charge in [-0.3, -0.25) is 4.72 Å². The number of nitrogens with one attached hydrogen (secondary N) is 1. The van der Waals surface area contributed by atoms with Crippen LogP contribution in [0.4, 0.5) is 5.69 Å². The van der Waals surface area contributed by atoms with Crippen molar-refractivity contribution in [1.82, 2.24) is 10.1 Å². The lowest BCUT2D eigenvalue weighted by Crippen LogP contribution is -2.44. The molecular formula is C19H20N4O3S. The van der Waals surface area contributed by atoms with Gasteiger partial charge in [-0.25, -0.2) is 8.42 Å². The third-order valence-corrected chi connectivity index (χ3v) is 6.23. The Balaban J connectivity index is 1.66. The maximum Gasteiger partial charge on any atom is 0.261 e. The summed E-state index contributed by atoms with van der Waals surface area (Å²) in [6, 6.07) is 13.6. The first-order chi connectivity index (χ1) is 12.9. The highest BCUT2D eigenvalue weighted by Crippen LogP contribution is 2.38. The second-order valence-electron chi connectivity index (χ2n) is 6.90. The van der Waals surface area contributed by atoms with E-state index in [0.29, 0.717) is 17.1 Å². The van der Waals surface area contributed by atoms with E-state index in [0.717, 1.165) is 24.8 Å². The van der Waals surface area contributed by atoms with Crippen molar-refractivity contribution in [3.8, 4) is 11.5 Å². The number of rotatable bonds is 5. The van der Waals surface area contributed by atoms with Crippen LogP contribution in [0.25, 0.3) is 11.5 Å². The van der Waals surface area contributed by atoms with Crippen molar-refractivity contribution in [2.24, 2.45) is 5.73 Å². The first kappa shape index (κ1) is 17.7. The van der Waals surface area contributed by atoms with E-state index in [-0.39, 0.29) is 10.8 Å². The summed E-state index contributed by atoms with van der Waals surface area (Å²) in [7, 11) is -3.74. The van der Waals surface area contributed by atoms with E-state index in [1.165, 1.54) is 0 Å². The number of anilines is 1. The van der Waals surface area contributed by atoms with Crippen LogP contribution in [-0.2, 0) is 15.6 Å². The Labute approximate surface area is 157 Å². The van der Waals surface area contributed by atoms with Gasteiger partial charge in [0.15, 0.2) is 5.82 Å². The molecule has 2 aromatic carbocycles. The monoisotopic (exact) mass is 384 g/mol. The molecule has 1 aromatic heterocycles. The van der Waals surface area contributed by atoms with Crippen molar-refractivity contribution < 1.29 is 12.9 Å². The van der Waals surface area contributed by atoms with Crippen LogP contribution in [0, 0.1) is 6.92 Å². The van der Waals surface area contributed by atoms with Crippen molar-refractivity contribution in [3.63, 3.8) is 0 Å². The van der Waals surface area contributed by atoms with Crippen LogP contribution in [0.1, 0.15) is 30.7 Å². The van der Waals surface area contributed by atoms with E-state index in [1.54, 1.807) is 48.5 Å². The molecular weight excluding hydrogens is 364 g/mol. The molecule has 0 amide bonds. The van der Waals surface area contributed by atoms with Crippen LogP contribution in [0.15, 0.2) is 57.9 Å². The predicted octanol–water partition coefficient (Wildman–Crippen LogP) is 3.18. The summed E-state index contributed by atoms with van der Waals surface area (Å²) in [6.07, 6.45) is 2.66. The fraction of sp³-hybridized carbons (Fsp3) is 0.263. The number of hydrogen-bond donors (Lipinski definition) is 2. The number of hydrogen-bond acceptors (Lipinski definition) is 6. The molecule has 1 fully saturated rings. The van der Waals surface area contributed by atoms with Gasteiger partial charge in [-0.1, -0.05) is 35.0 Å². The lowest BCUT2D eigenvalue weighted by Gasteiger charge is -2.34. The van der Waals surface area contributed by atoms with Crippen LogP contribution < -0.4 is 10.5 Å². The SMILES string of the molecule is Cc1ccc(S(=O)(=O)Nc2ccccc2-c2nc(C3(N)CCC3)no2)cc1. The maximum atomic E-state index is 12.7. The minimum Gasteiger partial charge on any atom is -0.334 e. The summed E-state index contributed by atoms with van der Waals surface area (Å²) in [5.74, 6) is 0.698. The summed E-state index contributed by atoms with van der Waals surface area (Å²) in [4.78, 5) is 4.60. The minimum atomic E-state index is -3.74. The zero-order valence-electron chi connectivity index (χ0n) is 14.8. The molecule has 3 N–H and O–H groups in total. The van der Waals surface area contributed by atoms with Gasteiger partial charge in [0.2, 0.25) is 0 Å². The van der Waals surface area contributed by atoms with Gasteiger partial charge in [-0.05, 0) is 50.5 Å². The highest BCUT2D eigenvalue weighted by atomic mass is 32.2. The predicted molar refractivity (Wildman–Crippen MR) is 101 cm³/mol.